The molecule has 0 bridgehead atoms. The second kappa shape index (κ2) is 7.06. The Kier molecular flexibility index (Phi) is 4.62. The highest BCUT2D eigenvalue weighted by molar-refractivity contribution is 6.42. The van der Waals surface area contributed by atoms with Gasteiger partial charge in [0.1, 0.15) is 5.75 Å². The average molecular weight is 386 g/mol. The molecule has 26 heavy (non-hydrogen) atoms. The Balaban J connectivity index is 1.80. The lowest BCUT2D eigenvalue weighted by molar-refractivity contribution is 0.414. The molecule has 1 aliphatic heterocycles. The van der Waals surface area contributed by atoms with E-state index < -0.39 is 0 Å². The minimum absolute atomic E-state index is 0.540. The van der Waals surface area contributed by atoms with Gasteiger partial charge in [0.05, 0.1) is 35.7 Å². The zero-order valence-corrected chi connectivity index (χ0v) is 15.7. The highest BCUT2D eigenvalue weighted by Gasteiger charge is 2.25. The Morgan fingerprint density at radius 2 is 1.88 bits per heavy atom. The first-order valence-electron chi connectivity index (χ1n) is 8.20. The van der Waals surface area contributed by atoms with E-state index in [9.17, 15) is 0 Å². The van der Waals surface area contributed by atoms with Gasteiger partial charge in [-0.25, -0.2) is 0 Å². The van der Waals surface area contributed by atoms with E-state index in [1.54, 1.807) is 13.3 Å². The van der Waals surface area contributed by atoms with Gasteiger partial charge in [0.2, 0.25) is 0 Å². The molecular formula is C20H17Cl2N3O. The van der Waals surface area contributed by atoms with Crippen LogP contribution in [0.4, 0.5) is 17.1 Å². The number of halogens is 2. The van der Waals surface area contributed by atoms with Gasteiger partial charge in [0.15, 0.2) is 0 Å². The summed E-state index contributed by atoms with van der Waals surface area (Å²) in [5, 5.41) is 1.09. The molecule has 6 heteroatoms. The van der Waals surface area contributed by atoms with Crippen molar-refractivity contribution in [2.45, 2.75) is 6.54 Å². The largest absolute Gasteiger partial charge is 0.497 e. The predicted octanol–water partition coefficient (Wildman–Crippen LogP) is 5.51. The van der Waals surface area contributed by atoms with Crippen LogP contribution in [0.25, 0.3) is 0 Å². The van der Waals surface area contributed by atoms with Crippen molar-refractivity contribution in [3.8, 4) is 5.75 Å². The first-order chi connectivity index (χ1) is 12.7. The van der Waals surface area contributed by atoms with E-state index in [-0.39, 0.29) is 0 Å². The molecule has 2 aromatic carbocycles. The number of aromatic nitrogens is 1. The van der Waals surface area contributed by atoms with Gasteiger partial charge in [0.25, 0.3) is 0 Å². The summed E-state index contributed by atoms with van der Waals surface area (Å²) in [6.45, 7) is 1.46. The molecule has 0 N–H and O–H groups in total. The fourth-order valence-corrected chi connectivity index (χ4v) is 3.46. The summed E-state index contributed by atoms with van der Waals surface area (Å²) in [5.41, 5.74) is 4.35. The van der Waals surface area contributed by atoms with Crippen LogP contribution < -0.4 is 14.5 Å². The van der Waals surface area contributed by atoms with Crippen molar-refractivity contribution in [3.05, 3.63) is 76.5 Å². The van der Waals surface area contributed by atoms with Crippen LogP contribution in [-0.2, 0) is 6.54 Å². The van der Waals surface area contributed by atoms with E-state index in [0.717, 1.165) is 29.4 Å². The molecule has 3 aromatic rings. The Hall–Kier alpha value is -2.43. The number of fused-ring (bicyclic) bond motifs is 1. The third-order valence-electron chi connectivity index (χ3n) is 4.48. The summed E-state index contributed by atoms with van der Waals surface area (Å²) in [6.07, 6.45) is 3.65. The molecule has 4 rings (SSSR count). The molecular weight excluding hydrogens is 369 g/mol. The minimum atomic E-state index is 0.540. The predicted molar refractivity (Wildman–Crippen MR) is 107 cm³/mol. The Labute approximate surface area is 162 Å². The lowest BCUT2D eigenvalue weighted by atomic mass is 10.1. The molecule has 0 atom stereocenters. The van der Waals surface area contributed by atoms with E-state index in [0.29, 0.717) is 16.7 Å². The van der Waals surface area contributed by atoms with Crippen molar-refractivity contribution in [2.24, 2.45) is 0 Å². The van der Waals surface area contributed by atoms with E-state index >= 15 is 0 Å². The number of hydrogen-bond donors (Lipinski definition) is 0. The summed E-state index contributed by atoms with van der Waals surface area (Å²) < 4.78 is 5.41. The normalized spacial score (nSPS) is 13.5. The number of benzene rings is 2. The van der Waals surface area contributed by atoms with Crippen LogP contribution in [0.3, 0.4) is 0 Å². The van der Waals surface area contributed by atoms with Crippen molar-refractivity contribution in [2.75, 3.05) is 23.6 Å². The van der Waals surface area contributed by atoms with Crippen molar-refractivity contribution in [1.82, 2.24) is 4.98 Å². The van der Waals surface area contributed by atoms with Crippen LogP contribution in [-0.4, -0.2) is 18.8 Å². The van der Waals surface area contributed by atoms with Gasteiger partial charge < -0.3 is 14.5 Å². The highest BCUT2D eigenvalue weighted by atomic mass is 35.5. The quantitative estimate of drug-likeness (QED) is 0.593. The second-order valence-corrected chi connectivity index (χ2v) is 6.89. The summed E-state index contributed by atoms with van der Waals surface area (Å²) in [7, 11) is 1.68. The number of ether oxygens (including phenoxy) is 1. The summed E-state index contributed by atoms with van der Waals surface area (Å²) >= 11 is 12.4. The monoisotopic (exact) mass is 385 g/mol. The van der Waals surface area contributed by atoms with Gasteiger partial charge in [-0.1, -0.05) is 23.2 Å². The number of pyridine rings is 1. The van der Waals surface area contributed by atoms with Gasteiger partial charge >= 0.3 is 0 Å². The maximum atomic E-state index is 6.26. The van der Waals surface area contributed by atoms with Gasteiger partial charge in [-0.3, -0.25) is 4.98 Å². The molecule has 0 fully saturated rings. The first kappa shape index (κ1) is 17.0. The van der Waals surface area contributed by atoms with Crippen LogP contribution in [0.5, 0.6) is 5.75 Å². The highest BCUT2D eigenvalue weighted by Crippen LogP contribution is 2.38. The molecule has 0 unspecified atom stereocenters. The maximum absolute atomic E-state index is 6.26. The SMILES string of the molecule is COc1ccc2c(c1)CN(c1cccnc1)CN2c1ccc(Cl)c(Cl)c1. The fraction of sp³-hybridized carbons (Fsp3) is 0.150. The molecule has 2 heterocycles. The van der Waals surface area contributed by atoms with Crippen molar-refractivity contribution >= 4 is 40.3 Å². The summed E-state index contributed by atoms with van der Waals surface area (Å²) in [5.74, 6) is 0.839. The lowest BCUT2D eigenvalue weighted by Gasteiger charge is -2.39. The van der Waals surface area contributed by atoms with Crippen molar-refractivity contribution in [3.63, 3.8) is 0 Å². The third kappa shape index (κ3) is 3.18. The maximum Gasteiger partial charge on any atom is 0.119 e. The van der Waals surface area contributed by atoms with Gasteiger partial charge in [-0.2, -0.15) is 0 Å². The molecule has 0 saturated heterocycles. The van der Waals surface area contributed by atoms with Crippen LogP contribution in [0.1, 0.15) is 5.56 Å². The van der Waals surface area contributed by atoms with Crippen LogP contribution in [0.15, 0.2) is 60.9 Å². The number of hydrogen-bond acceptors (Lipinski definition) is 4. The first-order valence-corrected chi connectivity index (χ1v) is 8.96. The topological polar surface area (TPSA) is 28.6 Å². The lowest BCUT2D eigenvalue weighted by Crippen LogP contribution is -2.39. The third-order valence-corrected chi connectivity index (χ3v) is 5.22. The molecule has 0 aliphatic carbocycles. The molecule has 1 aliphatic rings. The number of nitrogens with zero attached hydrogens (tertiary/aromatic N) is 3. The minimum Gasteiger partial charge on any atom is -0.497 e. The Bertz CT molecular complexity index is 934. The molecule has 0 saturated carbocycles. The smallest absolute Gasteiger partial charge is 0.119 e. The van der Waals surface area contributed by atoms with E-state index in [1.165, 1.54) is 5.56 Å². The second-order valence-electron chi connectivity index (χ2n) is 6.07. The van der Waals surface area contributed by atoms with E-state index in [1.807, 2.05) is 36.5 Å². The Morgan fingerprint density at radius 1 is 1.00 bits per heavy atom. The zero-order valence-electron chi connectivity index (χ0n) is 14.2. The van der Waals surface area contributed by atoms with Crippen LogP contribution in [0.2, 0.25) is 10.0 Å². The summed E-state index contributed by atoms with van der Waals surface area (Å²) in [6, 6.07) is 15.8. The van der Waals surface area contributed by atoms with Crippen LogP contribution in [0, 0.1) is 0 Å². The molecule has 0 radical (unpaired) electrons. The number of rotatable bonds is 3. The summed E-state index contributed by atoms with van der Waals surface area (Å²) in [4.78, 5) is 8.73. The van der Waals surface area contributed by atoms with Crippen molar-refractivity contribution < 1.29 is 4.74 Å². The van der Waals surface area contributed by atoms with Gasteiger partial charge in [-0.15, -0.1) is 0 Å². The molecule has 4 nitrogen and oxygen atoms in total. The van der Waals surface area contributed by atoms with E-state index in [2.05, 4.69) is 33.0 Å². The van der Waals surface area contributed by atoms with Gasteiger partial charge in [-0.05, 0) is 54.1 Å². The molecule has 132 valence electrons. The Morgan fingerprint density at radius 3 is 2.62 bits per heavy atom. The number of anilines is 3. The van der Waals surface area contributed by atoms with E-state index in [4.69, 9.17) is 27.9 Å². The fourth-order valence-electron chi connectivity index (χ4n) is 3.17. The standard InChI is InChI=1S/C20H17Cl2N3O/c1-26-17-5-7-20-14(9-17)12-24(16-3-2-8-23-11-16)13-25(20)15-4-6-18(21)19(22)10-15/h2-11H,12-13H2,1H3. The average Bonchev–Trinajstić information content (AvgIpc) is 2.69. The molecule has 1 aromatic heterocycles. The molecule has 0 amide bonds. The number of methoxy groups -OCH3 is 1. The van der Waals surface area contributed by atoms with Gasteiger partial charge in [0, 0.05) is 24.1 Å². The zero-order chi connectivity index (χ0) is 18.1. The van der Waals surface area contributed by atoms with Crippen LogP contribution >= 0.6 is 23.2 Å². The van der Waals surface area contributed by atoms with Crippen molar-refractivity contribution in [1.29, 1.82) is 0 Å². The molecule has 0 spiro atoms.